The molecule has 1 aromatic rings. The third-order valence-electron chi connectivity index (χ3n) is 13.4. The first-order chi connectivity index (χ1) is 21.0. The van der Waals surface area contributed by atoms with Gasteiger partial charge < -0.3 is 28.5 Å². The van der Waals surface area contributed by atoms with E-state index in [-0.39, 0.29) is 30.7 Å². The van der Waals surface area contributed by atoms with Gasteiger partial charge in [-0.25, -0.2) is 4.79 Å². The molecule has 4 saturated heterocycles. The fourth-order valence-electron chi connectivity index (χ4n) is 11.7. The molecule has 5 heterocycles. The number of esters is 2. The van der Waals surface area contributed by atoms with Crippen molar-refractivity contribution < 1.29 is 42.9 Å². The molecule has 2 bridgehead atoms. The van der Waals surface area contributed by atoms with Crippen LogP contribution < -0.4 is 0 Å². The Labute approximate surface area is 258 Å². The predicted molar refractivity (Wildman–Crippen MR) is 155 cm³/mol. The molecule has 10 atom stereocenters. The van der Waals surface area contributed by atoms with Crippen LogP contribution in [0.3, 0.4) is 0 Å². The maximum Gasteiger partial charge on any atom is 0.339 e. The topological polar surface area (TPSA) is 125 Å². The van der Waals surface area contributed by atoms with Crippen molar-refractivity contribution in [3.63, 3.8) is 0 Å². The van der Waals surface area contributed by atoms with Crippen LogP contribution in [-0.4, -0.2) is 58.9 Å². The number of aryl methyl sites for hydroxylation is 1. The number of carbonyl (C=O) groups is 3. The van der Waals surface area contributed by atoms with Crippen molar-refractivity contribution in [2.24, 2.45) is 27.6 Å². The normalized spacial score (nSPS) is 47.5. The summed E-state index contributed by atoms with van der Waals surface area (Å²) in [5.74, 6) is -0.618. The minimum atomic E-state index is -1.40. The number of hydrogen-bond donors (Lipinski definition) is 1. The third-order valence-corrected chi connectivity index (χ3v) is 13.4. The summed E-state index contributed by atoms with van der Waals surface area (Å²) >= 11 is 0. The number of cyclic esters (lactones) is 2. The van der Waals surface area contributed by atoms with Crippen LogP contribution >= 0.6 is 0 Å². The molecule has 44 heavy (non-hydrogen) atoms. The molecular formula is C35H44O9. The molecule has 1 N–H and O–H groups in total. The van der Waals surface area contributed by atoms with Crippen molar-refractivity contribution in [3.05, 3.63) is 35.8 Å². The Hall–Kier alpha value is -2.49. The second-order valence-corrected chi connectivity index (χ2v) is 15.3. The number of ether oxygens (including phenoxy) is 4. The molecule has 10 unspecified atom stereocenters. The van der Waals surface area contributed by atoms with E-state index in [2.05, 4.69) is 13.8 Å². The number of aliphatic hydroxyl groups is 1. The summed E-state index contributed by atoms with van der Waals surface area (Å²) in [7, 11) is 0. The zero-order valence-electron chi connectivity index (χ0n) is 26.2. The van der Waals surface area contributed by atoms with E-state index < -0.39 is 63.2 Å². The van der Waals surface area contributed by atoms with Gasteiger partial charge in [-0.3, -0.25) is 9.59 Å². The van der Waals surface area contributed by atoms with Gasteiger partial charge in [0.05, 0.1) is 35.2 Å². The van der Waals surface area contributed by atoms with E-state index >= 15 is 0 Å². The number of epoxide rings is 1. The van der Waals surface area contributed by atoms with Crippen LogP contribution in [0.25, 0.3) is 0 Å². The number of aliphatic hydroxyl groups excluding tert-OH is 1. The molecule has 8 aliphatic rings. The number of carbonyl (C=O) groups excluding carboxylic acids is 3. The number of Topliss-reactive ketones (excluding diaryl/α,β-unsaturated/α-hetero) is 1. The predicted octanol–water partition coefficient (Wildman–Crippen LogP) is 4.93. The highest BCUT2D eigenvalue weighted by molar-refractivity contribution is 5.97. The molecule has 0 radical (unpaired) electrons. The second kappa shape index (κ2) is 9.07. The average molecular weight is 609 g/mol. The molecule has 238 valence electrons. The summed E-state index contributed by atoms with van der Waals surface area (Å²) in [4.78, 5) is 41.3. The lowest BCUT2D eigenvalue weighted by Gasteiger charge is -2.68. The minimum absolute atomic E-state index is 0.0321. The van der Waals surface area contributed by atoms with Crippen molar-refractivity contribution in [2.75, 3.05) is 6.61 Å². The number of furan rings is 1. The van der Waals surface area contributed by atoms with Crippen LogP contribution in [0.1, 0.15) is 103 Å². The second-order valence-electron chi connectivity index (χ2n) is 15.3. The van der Waals surface area contributed by atoms with Gasteiger partial charge in [-0.1, -0.05) is 51.7 Å². The molecule has 4 aliphatic heterocycles. The highest BCUT2D eigenvalue weighted by Crippen LogP contribution is 2.84. The molecule has 0 amide bonds. The van der Waals surface area contributed by atoms with Crippen LogP contribution in [0.15, 0.2) is 28.9 Å². The van der Waals surface area contributed by atoms with Crippen LogP contribution in [0, 0.1) is 27.6 Å². The summed E-state index contributed by atoms with van der Waals surface area (Å²) in [6.07, 6.45) is 10.2. The van der Waals surface area contributed by atoms with E-state index in [1.54, 1.807) is 6.26 Å². The van der Waals surface area contributed by atoms with Gasteiger partial charge in [0.2, 0.25) is 0 Å². The smallest absolute Gasteiger partial charge is 0.339 e. The number of unbranched alkanes of at least 4 members (excludes halogenated alkanes) is 4. The summed E-state index contributed by atoms with van der Waals surface area (Å²) in [5, 5.41) is 12.4. The van der Waals surface area contributed by atoms with Gasteiger partial charge in [0.25, 0.3) is 0 Å². The monoisotopic (exact) mass is 608 g/mol. The molecular weight excluding hydrogens is 564 g/mol. The first kappa shape index (κ1) is 28.9. The Morgan fingerprint density at radius 1 is 1.00 bits per heavy atom. The summed E-state index contributed by atoms with van der Waals surface area (Å²) in [6, 6.07) is 1.91. The van der Waals surface area contributed by atoms with Gasteiger partial charge in [0, 0.05) is 22.8 Å². The molecule has 2 saturated carbocycles. The van der Waals surface area contributed by atoms with Gasteiger partial charge in [-0.15, -0.1) is 0 Å². The van der Waals surface area contributed by atoms with Gasteiger partial charge in [0.15, 0.2) is 11.9 Å². The first-order valence-corrected chi connectivity index (χ1v) is 16.7. The Bertz CT molecular complexity index is 1460. The van der Waals surface area contributed by atoms with Crippen LogP contribution in [0.2, 0.25) is 0 Å². The van der Waals surface area contributed by atoms with E-state index in [4.69, 9.17) is 23.4 Å². The Morgan fingerprint density at radius 3 is 2.59 bits per heavy atom. The molecule has 6 fully saturated rings. The highest BCUT2D eigenvalue weighted by Gasteiger charge is 2.94. The Morgan fingerprint density at radius 2 is 1.80 bits per heavy atom. The largest absolute Gasteiger partial charge is 0.469 e. The van der Waals surface area contributed by atoms with E-state index in [9.17, 15) is 19.5 Å². The highest BCUT2D eigenvalue weighted by atomic mass is 16.7. The molecule has 1 aromatic heterocycles. The van der Waals surface area contributed by atoms with E-state index in [0.717, 1.165) is 30.6 Å². The lowest BCUT2D eigenvalue weighted by atomic mass is 9.33. The zero-order chi connectivity index (χ0) is 30.9. The van der Waals surface area contributed by atoms with Crippen molar-refractivity contribution in [2.45, 2.75) is 128 Å². The third kappa shape index (κ3) is 2.97. The molecule has 4 aliphatic carbocycles. The number of allylic oxidation sites excluding steroid dienone is 1. The van der Waals surface area contributed by atoms with Crippen LogP contribution in [0.4, 0.5) is 0 Å². The molecule has 9 heteroatoms. The Kier molecular flexibility index (Phi) is 5.97. The number of hydrogen-bond acceptors (Lipinski definition) is 9. The molecule has 9 rings (SSSR count). The van der Waals surface area contributed by atoms with Crippen molar-refractivity contribution in [3.8, 4) is 0 Å². The van der Waals surface area contributed by atoms with Gasteiger partial charge in [-0.2, -0.15) is 0 Å². The summed E-state index contributed by atoms with van der Waals surface area (Å²) < 4.78 is 31.4. The number of ketones is 1. The minimum Gasteiger partial charge on any atom is -0.469 e. The van der Waals surface area contributed by atoms with Crippen LogP contribution in [0.5, 0.6) is 0 Å². The van der Waals surface area contributed by atoms with Crippen molar-refractivity contribution >= 4 is 17.7 Å². The van der Waals surface area contributed by atoms with Gasteiger partial charge >= 0.3 is 11.9 Å². The van der Waals surface area contributed by atoms with E-state index in [0.29, 0.717) is 19.3 Å². The quantitative estimate of drug-likeness (QED) is 0.199. The first-order valence-electron chi connectivity index (χ1n) is 16.7. The van der Waals surface area contributed by atoms with E-state index in [1.165, 1.54) is 19.3 Å². The summed E-state index contributed by atoms with van der Waals surface area (Å²) in [5.41, 5.74) is -5.23. The standard InChI is InChI=1S/C35H44O9/c1-5-6-7-8-9-11-21-20(13-17-40-21)27-31(4)16-12-22-32(35(31)28(44-35)29(39)42-27)14-10-15-34(26(38)25(32)37)30(2,3)43-23-18-24(36)41-19-33(22,23)34/h10,13,15,17,22-23,25,27-28,37H,5-9,11-12,14,16,18-19H2,1-4H3. The molecule has 0 aromatic carbocycles. The van der Waals surface area contributed by atoms with Crippen molar-refractivity contribution in [1.82, 2.24) is 0 Å². The fraction of sp³-hybridized carbons (Fsp3) is 0.743. The van der Waals surface area contributed by atoms with Crippen LogP contribution in [-0.2, 0) is 39.8 Å². The summed E-state index contributed by atoms with van der Waals surface area (Å²) in [6.45, 7) is 8.12. The van der Waals surface area contributed by atoms with Gasteiger partial charge in [0.1, 0.15) is 30.2 Å². The average Bonchev–Trinajstić information content (AvgIpc) is 3.61. The fourth-order valence-corrected chi connectivity index (χ4v) is 11.7. The molecule has 9 nitrogen and oxygen atoms in total. The molecule has 4 spiro atoms. The lowest BCUT2D eigenvalue weighted by molar-refractivity contribution is -0.262. The lowest BCUT2D eigenvalue weighted by Crippen LogP contribution is -2.79. The maximum absolute atomic E-state index is 14.9. The van der Waals surface area contributed by atoms with Crippen molar-refractivity contribution in [1.29, 1.82) is 0 Å². The Balaban J connectivity index is 1.26. The number of rotatable bonds is 7. The number of fused-ring (bicyclic) bond motifs is 2. The maximum atomic E-state index is 14.9. The van der Waals surface area contributed by atoms with E-state index in [1.807, 2.05) is 32.1 Å². The van der Waals surface area contributed by atoms with Gasteiger partial charge in [-0.05, 0) is 51.5 Å². The zero-order valence-corrected chi connectivity index (χ0v) is 26.2. The SMILES string of the molecule is CCCCCCCc1occc1C1OC(=O)C2OC23C1(C)CCC1C24COC(=O)CC2OC(C)(C)C42C=CCC13C(O)C2=O.